The van der Waals surface area contributed by atoms with Crippen molar-refractivity contribution in [3.63, 3.8) is 0 Å². The molecule has 1 aromatic heterocycles. The minimum Gasteiger partial charge on any atom is -0.361 e. The molecule has 0 radical (unpaired) electrons. The van der Waals surface area contributed by atoms with E-state index >= 15 is 0 Å². The van der Waals surface area contributed by atoms with E-state index in [1.807, 2.05) is 0 Å². The second-order valence-corrected chi connectivity index (χ2v) is 7.41. The van der Waals surface area contributed by atoms with Gasteiger partial charge in [-0.1, -0.05) is 19.3 Å². The summed E-state index contributed by atoms with van der Waals surface area (Å²) in [6.45, 7) is 0.748. The van der Waals surface area contributed by atoms with Crippen LogP contribution in [0.3, 0.4) is 0 Å². The molecule has 2 fully saturated rings. The van der Waals surface area contributed by atoms with E-state index in [0.717, 1.165) is 19.4 Å². The second kappa shape index (κ2) is 7.95. The summed E-state index contributed by atoms with van der Waals surface area (Å²) in [5, 5.41) is 17.6. The first-order valence-corrected chi connectivity index (χ1v) is 9.23. The average Bonchev–Trinajstić information content (AvgIpc) is 3.39. The van der Waals surface area contributed by atoms with Gasteiger partial charge in [0.25, 0.3) is 0 Å². The van der Waals surface area contributed by atoms with E-state index in [9.17, 15) is 10.1 Å². The van der Waals surface area contributed by atoms with Crippen LogP contribution in [-0.4, -0.2) is 52.5 Å². The van der Waals surface area contributed by atoms with Crippen LogP contribution in [0, 0.1) is 16.0 Å². The van der Waals surface area contributed by atoms with Gasteiger partial charge in [0.05, 0.1) is 4.92 Å². The van der Waals surface area contributed by atoms with Crippen LogP contribution < -0.4 is 10.6 Å². The van der Waals surface area contributed by atoms with E-state index in [4.69, 9.17) is 0 Å². The highest BCUT2D eigenvalue weighted by Crippen LogP contribution is 2.30. The van der Waals surface area contributed by atoms with Gasteiger partial charge in [0.1, 0.15) is 6.20 Å². The summed E-state index contributed by atoms with van der Waals surface area (Å²) in [6, 6.07) is 0.720. The van der Waals surface area contributed by atoms with Crippen molar-refractivity contribution in [1.29, 1.82) is 0 Å². The fourth-order valence-electron chi connectivity index (χ4n) is 3.61. The van der Waals surface area contributed by atoms with Crippen molar-refractivity contribution >= 4 is 17.5 Å². The molecule has 25 heavy (non-hydrogen) atoms. The van der Waals surface area contributed by atoms with Crippen molar-refractivity contribution in [2.75, 3.05) is 31.3 Å². The predicted octanol–water partition coefficient (Wildman–Crippen LogP) is 2.88. The van der Waals surface area contributed by atoms with Crippen LogP contribution in [0.15, 0.2) is 6.20 Å². The standard InChI is InChI=1S/C17H28N6O2/c1-22(2)14(12-6-4-3-5-7-12)10-18-17-19-11-15(23(24)25)16(21-17)20-13-8-9-13/h11-14H,3-10H2,1-2H3,(H2,18,19,20,21). The highest BCUT2D eigenvalue weighted by atomic mass is 16.6. The Morgan fingerprint density at radius 3 is 2.60 bits per heavy atom. The summed E-state index contributed by atoms with van der Waals surface area (Å²) >= 11 is 0. The van der Waals surface area contributed by atoms with Crippen molar-refractivity contribution < 1.29 is 4.92 Å². The molecule has 0 aromatic carbocycles. The lowest BCUT2D eigenvalue weighted by atomic mass is 9.83. The van der Waals surface area contributed by atoms with Crippen LogP contribution in [0.1, 0.15) is 44.9 Å². The third-order valence-electron chi connectivity index (χ3n) is 5.21. The Kier molecular flexibility index (Phi) is 5.67. The largest absolute Gasteiger partial charge is 0.361 e. The molecule has 0 amide bonds. The number of nitro groups is 1. The Balaban J connectivity index is 1.67. The maximum absolute atomic E-state index is 11.2. The monoisotopic (exact) mass is 348 g/mol. The molecule has 1 unspecified atom stereocenters. The van der Waals surface area contributed by atoms with Crippen LogP contribution in [0.25, 0.3) is 0 Å². The Bertz CT molecular complexity index is 599. The number of hydrogen-bond acceptors (Lipinski definition) is 7. The summed E-state index contributed by atoms with van der Waals surface area (Å²) in [5.41, 5.74) is -0.0612. The fourth-order valence-corrected chi connectivity index (χ4v) is 3.61. The molecule has 1 aromatic rings. The Labute approximate surface area is 148 Å². The maximum atomic E-state index is 11.2. The number of aromatic nitrogens is 2. The van der Waals surface area contributed by atoms with Gasteiger partial charge in [0.15, 0.2) is 0 Å². The molecule has 0 aliphatic heterocycles. The number of nitrogens with zero attached hydrogens (tertiary/aromatic N) is 4. The normalized spacial score (nSPS) is 19.6. The van der Waals surface area contributed by atoms with Crippen LogP contribution in [0.2, 0.25) is 0 Å². The highest BCUT2D eigenvalue weighted by Gasteiger charge is 2.28. The van der Waals surface area contributed by atoms with Crippen molar-refractivity contribution in [1.82, 2.24) is 14.9 Å². The molecule has 2 N–H and O–H groups in total. The zero-order valence-electron chi connectivity index (χ0n) is 15.1. The molecule has 1 heterocycles. The Morgan fingerprint density at radius 2 is 2.00 bits per heavy atom. The van der Waals surface area contributed by atoms with Gasteiger partial charge in [-0.2, -0.15) is 4.98 Å². The van der Waals surface area contributed by atoms with Crippen LogP contribution in [0.4, 0.5) is 17.5 Å². The zero-order valence-corrected chi connectivity index (χ0v) is 15.1. The third-order valence-corrected chi connectivity index (χ3v) is 5.21. The summed E-state index contributed by atoms with van der Waals surface area (Å²) in [6.07, 6.45) is 9.84. The maximum Gasteiger partial charge on any atom is 0.329 e. The van der Waals surface area contributed by atoms with Gasteiger partial charge >= 0.3 is 5.69 Å². The topological polar surface area (TPSA) is 96.2 Å². The van der Waals surface area contributed by atoms with E-state index in [2.05, 4.69) is 39.6 Å². The van der Waals surface area contributed by atoms with E-state index in [1.165, 1.54) is 38.3 Å². The lowest BCUT2D eigenvalue weighted by Crippen LogP contribution is -2.41. The molecule has 2 saturated carbocycles. The van der Waals surface area contributed by atoms with E-state index < -0.39 is 4.92 Å². The van der Waals surface area contributed by atoms with Crippen molar-refractivity contribution in [2.24, 2.45) is 5.92 Å². The molecule has 0 spiro atoms. The first kappa shape index (κ1) is 17.8. The smallest absolute Gasteiger partial charge is 0.329 e. The Hall–Kier alpha value is -1.96. The molecule has 138 valence electrons. The minimum atomic E-state index is -0.431. The minimum absolute atomic E-state index is 0.0612. The first-order chi connectivity index (χ1) is 12.0. The van der Waals surface area contributed by atoms with Crippen LogP contribution in [0.5, 0.6) is 0 Å². The summed E-state index contributed by atoms with van der Waals surface area (Å²) < 4.78 is 0. The fraction of sp³-hybridized carbons (Fsp3) is 0.765. The van der Waals surface area contributed by atoms with E-state index in [-0.39, 0.29) is 5.69 Å². The highest BCUT2D eigenvalue weighted by molar-refractivity contribution is 5.58. The number of nitrogens with one attached hydrogen (secondary N) is 2. The molecular formula is C17H28N6O2. The molecule has 0 bridgehead atoms. The number of hydrogen-bond donors (Lipinski definition) is 2. The van der Waals surface area contributed by atoms with E-state index in [1.54, 1.807) is 0 Å². The molecule has 2 aliphatic rings. The quantitative estimate of drug-likeness (QED) is 0.551. The lowest BCUT2D eigenvalue weighted by Gasteiger charge is -2.35. The van der Waals surface area contributed by atoms with Gasteiger partial charge < -0.3 is 15.5 Å². The number of anilines is 2. The molecule has 2 aliphatic carbocycles. The molecule has 3 rings (SSSR count). The third kappa shape index (κ3) is 4.78. The molecule has 1 atom stereocenters. The molecule has 8 heteroatoms. The van der Waals surface area contributed by atoms with Crippen LogP contribution in [-0.2, 0) is 0 Å². The number of rotatable bonds is 8. The second-order valence-electron chi connectivity index (χ2n) is 7.41. The summed E-state index contributed by atoms with van der Waals surface area (Å²) in [7, 11) is 4.22. The lowest BCUT2D eigenvalue weighted by molar-refractivity contribution is -0.384. The van der Waals surface area contributed by atoms with Gasteiger partial charge in [-0.25, -0.2) is 4.98 Å². The van der Waals surface area contributed by atoms with Crippen molar-refractivity contribution in [2.45, 2.75) is 57.0 Å². The van der Waals surface area contributed by atoms with E-state index in [0.29, 0.717) is 29.8 Å². The predicted molar refractivity (Wildman–Crippen MR) is 97.9 cm³/mol. The Morgan fingerprint density at radius 1 is 1.28 bits per heavy atom. The number of likely N-dealkylation sites (N-methyl/N-ethyl adjacent to an activating group) is 1. The van der Waals surface area contributed by atoms with Gasteiger partial charge in [-0.05, 0) is 45.7 Å². The first-order valence-electron chi connectivity index (χ1n) is 9.23. The average molecular weight is 348 g/mol. The molecule has 8 nitrogen and oxygen atoms in total. The van der Waals surface area contributed by atoms with Gasteiger partial charge in [-0.3, -0.25) is 10.1 Å². The van der Waals surface area contributed by atoms with Gasteiger partial charge in [0.2, 0.25) is 11.8 Å². The van der Waals surface area contributed by atoms with Crippen LogP contribution >= 0.6 is 0 Å². The summed E-state index contributed by atoms with van der Waals surface area (Å²) in [4.78, 5) is 21.5. The SMILES string of the molecule is CN(C)C(CNc1ncc([N+](=O)[O-])c(NC2CC2)n1)C1CCCCC1. The van der Waals surface area contributed by atoms with Gasteiger partial charge in [-0.15, -0.1) is 0 Å². The van der Waals surface area contributed by atoms with Gasteiger partial charge in [0, 0.05) is 18.6 Å². The zero-order chi connectivity index (χ0) is 17.8. The van der Waals surface area contributed by atoms with Crippen molar-refractivity contribution in [3.05, 3.63) is 16.3 Å². The molecular weight excluding hydrogens is 320 g/mol. The van der Waals surface area contributed by atoms with Crippen molar-refractivity contribution in [3.8, 4) is 0 Å². The summed E-state index contributed by atoms with van der Waals surface area (Å²) in [5.74, 6) is 1.46. The molecule has 0 saturated heterocycles.